The van der Waals surface area contributed by atoms with Gasteiger partial charge < -0.3 is 9.84 Å². The molecule has 1 N–H and O–H groups in total. The number of hydrogen-bond acceptors (Lipinski definition) is 4. The van der Waals surface area contributed by atoms with Gasteiger partial charge in [-0.15, -0.1) is 0 Å². The summed E-state index contributed by atoms with van der Waals surface area (Å²) < 4.78 is 18.4. The zero-order valence-corrected chi connectivity index (χ0v) is 9.96. The van der Waals surface area contributed by atoms with Crippen molar-refractivity contribution in [3.8, 4) is 0 Å². The van der Waals surface area contributed by atoms with E-state index in [1.165, 1.54) is 6.07 Å². The van der Waals surface area contributed by atoms with E-state index in [1.54, 1.807) is 12.1 Å². The quantitative estimate of drug-likeness (QED) is 0.913. The molecule has 0 atom stereocenters. The van der Waals surface area contributed by atoms with E-state index in [2.05, 4.69) is 15.5 Å². The van der Waals surface area contributed by atoms with E-state index < -0.39 is 0 Å². The van der Waals surface area contributed by atoms with Crippen molar-refractivity contribution < 1.29 is 8.91 Å². The zero-order valence-electron chi connectivity index (χ0n) is 9.20. The lowest BCUT2D eigenvalue weighted by molar-refractivity contribution is 0.424. The van der Waals surface area contributed by atoms with Gasteiger partial charge in [-0.1, -0.05) is 22.8 Å². The Morgan fingerprint density at radius 1 is 1.47 bits per heavy atom. The van der Waals surface area contributed by atoms with E-state index >= 15 is 0 Å². The highest BCUT2D eigenvalue weighted by Crippen LogP contribution is 2.21. The Balaban J connectivity index is 2.19. The Kier molecular flexibility index (Phi) is 3.58. The number of anilines is 1. The molecule has 0 spiro atoms. The molecule has 2 rings (SSSR count). The van der Waals surface area contributed by atoms with Crippen LogP contribution in [-0.4, -0.2) is 16.7 Å². The lowest BCUT2D eigenvalue weighted by atomic mass is 10.1. The molecule has 0 aliphatic carbocycles. The Bertz CT molecular complexity index is 495. The molecular weight excluding hydrogens is 245 g/mol. The van der Waals surface area contributed by atoms with E-state index in [1.807, 2.05) is 6.92 Å². The Hall–Kier alpha value is -1.62. The average Bonchev–Trinajstić information content (AvgIpc) is 2.72. The van der Waals surface area contributed by atoms with Crippen LogP contribution in [0.4, 0.5) is 10.4 Å². The van der Waals surface area contributed by atoms with Gasteiger partial charge >= 0.3 is 6.01 Å². The monoisotopic (exact) mass is 255 g/mol. The molecule has 1 aromatic carbocycles. The summed E-state index contributed by atoms with van der Waals surface area (Å²) in [6, 6.07) is 4.87. The fourth-order valence-electron chi connectivity index (χ4n) is 1.41. The van der Waals surface area contributed by atoms with Gasteiger partial charge in [-0.05, 0) is 19.1 Å². The first-order valence-corrected chi connectivity index (χ1v) is 5.58. The summed E-state index contributed by atoms with van der Waals surface area (Å²) in [4.78, 5) is 4.06. The van der Waals surface area contributed by atoms with Crippen LogP contribution in [-0.2, 0) is 6.42 Å². The molecule has 17 heavy (non-hydrogen) atoms. The summed E-state index contributed by atoms with van der Waals surface area (Å²) in [5.41, 5.74) is 0.373. The van der Waals surface area contributed by atoms with Crippen LogP contribution in [0.1, 0.15) is 18.3 Å². The molecule has 0 radical (unpaired) electrons. The van der Waals surface area contributed by atoms with Gasteiger partial charge in [0.2, 0.25) is 0 Å². The molecule has 2 aromatic rings. The van der Waals surface area contributed by atoms with Gasteiger partial charge in [0.1, 0.15) is 5.82 Å². The maximum Gasteiger partial charge on any atom is 0.321 e. The molecule has 0 saturated carbocycles. The summed E-state index contributed by atoms with van der Waals surface area (Å²) in [7, 11) is 0. The Morgan fingerprint density at radius 2 is 2.29 bits per heavy atom. The molecule has 90 valence electrons. The van der Waals surface area contributed by atoms with Crippen molar-refractivity contribution in [1.82, 2.24) is 10.1 Å². The van der Waals surface area contributed by atoms with Crippen LogP contribution >= 0.6 is 11.6 Å². The van der Waals surface area contributed by atoms with Crippen LogP contribution in [0, 0.1) is 5.82 Å². The number of rotatable bonds is 4. The molecule has 0 amide bonds. The molecular formula is C11H11ClFN3O. The fraction of sp³-hybridized carbons (Fsp3) is 0.273. The molecule has 6 heteroatoms. The molecule has 0 unspecified atom stereocenters. The Labute approximate surface area is 103 Å². The topological polar surface area (TPSA) is 51.0 Å². The highest BCUT2D eigenvalue weighted by atomic mass is 35.5. The summed E-state index contributed by atoms with van der Waals surface area (Å²) >= 11 is 5.91. The number of nitrogens with zero attached hydrogens (tertiary/aromatic N) is 2. The number of halogens is 2. The van der Waals surface area contributed by atoms with Crippen molar-refractivity contribution in [2.75, 3.05) is 11.9 Å². The normalized spacial score (nSPS) is 10.5. The summed E-state index contributed by atoms with van der Waals surface area (Å²) in [6.07, 6.45) is 0.209. The van der Waals surface area contributed by atoms with Gasteiger partial charge in [-0.2, -0.15) is 4.98 Å². The maximum absolute atomic E-state index is 13.5. The highest BCUT2D eigenvalue weighted by molar-refractivity contribution is 6.31. The van der Waals surface area contributed by atoms with Crippen LogP contribution in [0.2, 0.25) is 5.02 Å². The van der Waals surface area contributed by atoms with Gasteiger partial charge in [0, 0.05) is 23.6 Å². The number of nitrogens with one attached hydrogen (secondary N) is 1. The molecule has 4 nitrogen and oxygen atoms in total. The van der Waals surface area contributed by atoms with Crippen molar-refractivity contribution in [1.29, 1.82) is 0 Å². The van der Waals surface area contributed by atoms with Crippen LogP contribution in [0.15, 0.2) is 22.7 Å². The van der Waals surface area contributed by atoms with Gasteiger partial charge in [0.05, 0.1) is 0 Å². The largest absolute Gasteiger partial charge is 0.338 e. The third-order valence-corrected chi connectivity index (χ3v) is 2.55. The van der Waals surface area contributed by atoms with Gasteiger partial charge in [0.15, 0.2) is 5.82 Å². The second-order valence-electron chi connectivity index (χ2n) is 3.42. The van der Waals surface area contributed by atoms with E-state index in [9.17, 15) is 4.39 Å². The van der Waals surface area contributed by atoms with Crippen LogP contribution in [0.3, 0.4) is 0 Å². The predicted octanol–water partition coefficient (Wildman–Crippen LogP) is 2.88. The number of benzene rings is 1. The lowest BCUT2D eigenvalue weighted by Gasteiger charge is -2.01. The third-order valence-electron chi connectivity index (χ3n) is 2.19. The van der Waals surface area contributed by atoms with E-state index in [0.29, 0.717) is 29.0 Å². The molecule has 0 saturated heterocycles. The first kappa shape index (κ1) is 11.9. The van der Waals surface area contributed by atoms with Gasteiger partial charge in [0.25, 0.3) is 0 Å². The summed E-state index contributed by atoms with van der Waals surface area (Å²) in [5.74, 6) is 0.0280. The SMILES string of the molecule is CCNc1nc(Cc2c(F)cccc2Cl)no1. The summed E-state index contributed by atoms with van der Waals surface area (Å²) in [6.45, 7) is 2.60. The minimum atomic E-state index is -0.368. The predicted molar refractivity (Wildman–Crippen MR) is 62.7 cm³/mol. The van der Waals surface area contributed by atoms with Crippen LogP contribution in [0.25, 0.3) is 0 Å². The third kappa shape index (κ3) is 2.74. The second-order valence-corrected chi connectivity index (χ2v) is 3.83. The number of hydrogen-bond donors (Lipinski definition) is 1. The molecule has 0 aliphatic rings. The maximum atomic E-state index is 13.5. The Morgan fingerprint density at radius 3 is 3.00 bits per heavy atom. The van der Waals surface area contributed by atoms with Crippen molar-refractivity contribution in [3.05, 3.63) is 40.4 Å². The lowest BCUT2D eigenvalue weighted by Crippen LogP contribution is -1.98. The van der Waals surface area contributed by atoms with Gasteiger partial charge in [-0.3, -0.25) is 0 Å². The first-order valence-electron chi connectivity index (χ1n) is 5.20. The van der Waals surface area contributed by atoms with Crippen molar-refractivity contribution in [2.45, 2.75) is 13.3 Å². The van der Waals surface area contributed by atoms with Crippen LogP contribution < -0.4 is 5.32 Å². The van der Waals surface area contributed by atoms with Gasteiger partial charge in [-0.25, -0.2) is 4.39 Å². The molecule has 1 aromatic heterocycles. The molecule has 0 fully saturated rings. The standard InChI is InChI=1S/C11H11ClFN3O/c1-2-14-11-15-10(16-17-11)6-7-8(12)4-3-5-9(7)13/h3-5H,2,6H2,1H3,(H,14,15,16). The average molecular weight is 256 g/mol. The fourth-order valence-corrected chi connectivity index (χ4v) is 1.64. The second kappa shape index (κ2) is 5.14. The smallest absolute Gasteiger partial charge is 0.321 e. The minimum Gasteiger partial charge on any atom is -0.338 e. The van der Waals surface area contributed by atoms with E-state index in [4.69, 9.17) is 16.1 Å². The van der Waals surface area contributed by atoms with Crippen LogP contribution in [0.5, 0.6) is 0 Å². The summed E-state index contributed by atoms with van der Waals surface area (Å²) in [5, 5.41) is 6.98. The molecule has 1 heterocycles. The number of aromatic nitrogens is 2. The van der Waals surface area contributed by atoms with Crippen molar-refractivity contribution in [3.63, 3.8) is 0 Å². The highest BCUT2D eigenvalue weighted by Gasteiger charge is 2.12. The van der Waals surface area contributed by atoms with Crippen molar-refractivity contribution in [2.24, 2.45) is 0 Å². The molecule has 0 bridgehead atoms. The van der Waals surface area contributed by atoms with E-state index in [-0.39, 0.29) is 12.2 Å². The first-order chi connectivity index (χ1) is 8.20. The molecule has 0 aliphatic heterocycles. The minimum absolute atomic E-state index is 0.209. The zero-order chi connectivity index (χ0) is 12.3. The van der Waals surface area contributed by atoms with E-state index in [0.717, 1.165) is 0 Å². The van der Waals surface area contributed by atoms with Crippen molar-refractivity contribution >= 4 is 17.6 Å².